The van der Waals surface area contributed by atoms with Gasteiger partial charge >= 0.3 is 0 Å². The van der Waals surface area contributed by atoms with Crippen LogP contribution in [0.4, 0.5) is 0 Å². The molecule has 0 spiro atoms. The minimum Gasteiger partial charge on any atom is -0.632 e. The first-order valence-corrected chi connectivity index (χ1v) is 6.86. The maximum atomic E-state index is 12.2. The van der Waals surface area contributed by atoms with Crippen molar-refractivity contribution < 1.29 is 4.65 Å². The van der Waals surface area contributed by atoms with Gasteiger partial charge in [-0.1, -0.05) is 41.8 Å². The number of hydrogen-bond acceptors (Lipinski definition) is 1. The highest BCUT2D eigenvalue weighted by atomic mass is 31.0. The van der Waals surface area contributed by atoms with E-state index in [-0.39, 0.29) is 10.4 Å². The predicted octanol–water partition coefficient (Wildman–Crippen LogP) is 3.43. The largest absolute Gasteiger partial charge is 0.632 e. The van der Waals surface area contributed by atoms with Crippen LogP contribution in [0.2, 0.25) is 0 Å². The van der Waals surface area contributed by atoms with Crippen LogP contribution >= 0.6 is 9.24 Å². The van der Waals surface area contributed by atoms with Gasteiger partial charge in [-0.3, -0.25) is 0 Å². The summed E-state index contributed by atoms with van der Waals surface area (Å²) in [7, 11) is 2.65. The van der Waals surface area contributed by atoms with Crippen LogP contribution in [0.5, 0.6) is 0 Å². The Labute approximate surface area is 96.1 Å². The number of quaternary nitrogens is 1. The molecule has 0 N–H and O–H groups in total. The first-order valence-electron chi connectivity index (χ1n) is 6.19. The normalized spacial score (nSPS) is 29.9. The average molecular weight is 229 g/mol. The van der Waals surface area contributed by atoms with Crippen LogP contribution < -0.4 is 0 Å². The van der Waals surface area contributed by atoms with Gasteiger partial charge in [0.2, 0.25) is 0 Å². The molecule has 0 aromatic rings. The van der Waals surface area contributed by atoms with E-state index >= 15 is 0 Å². The van der Waals surface area contributed by atoms with Gasteiger partial charge in [-0.05, 0) is 25.0 Å². The molecule has 3 heteroatoms. The highest BCUT2D eigenvalue weighted by Crippen LogP contribution is 2.25. The standard InChI is InChI=1S/C12H24NOP/c1-2-3-4-5-6-7-10-13(14)11-8-9-12(13)15/h8-9,12H,2-7,10-11,15H2,1H3. The molecule has 2 nitrogen and oxygen atoms in total. The van der Waals surface area contributed by atoms with Crippen LogP contribution in [-0.2, 0) is 0 Å². The zero-order valence-corrected chi connectivity index (χ0v) is 11.0. The maximum absolute atomic E-state index is 12.2. The molecule has 3 atom stereocenters. The molecule has 1 rings (SSSR count). The highest BCUT2D eigenvalue weighted by molar-refractivity contribution is 7.17. The van der Waals surface area contributed by atoms with Crippen LogP contribution in [0.1, 0.15) is 45.4 Å². The van der Waals surface area contributed by atoms with E-state index in [0.29, 0.717) is 6.54 Å². The lowest BCUT2D eigenvalue weighted by atomic mass is 10.1. The highest BCUT2D eigenvalue weighted by Gasteiger charge is 2.25. The fourth-order valence-corrected chi connectivity index (χ4v) is 2.49. The van der Waals surface area contributed by atoms with Gasteiger partial charge in [0.15, 0.2) is 0 Å². The summed E-state index contributed by atoms with van der Waals surface area (Å²) >= 11 is 0. The Balaban J connectivity index is 2.05. The third-order valence-corrected chi connectivity index (χ3v) is 3.95. The molecule has 0 aromatic heterocycles. The lowest BCUT2D eigenvalue weighted by Gasteiger charge is -2.42. The van der Waals surface area contributed by atoms with Gasteiger partial charge in [-0.15, -0.1) is 0 Å². The molecule has 1 aliphatic rings. The van der Waals surface area contributed by atoms with E-state index in [1.165, 1.54) is 32.1 Å². The Bertz CT molecular complexity index is 208. The first-order chi connectivity index (χ1) is 7.19. The van der Waals surface area contributed by atoms with Gasteiger partial charge in [-0.2, -0.15) is 0 Å². The van der Waals surface area contributed by atoms with Gasteiger partial charge in [0.25, 0.3) is 0 Å². The second-order valence-corrected chi connectivity index (χ2v) is 5.23. The zero-order valence-electron chi connectivity index (χ0n) is 9.82. The molecule has 0 aliphatic carbocycles. The number of hydroxylamine groups is 3. The Hall–Kier alpha value is 0.0900. The number of nitrogens with zero attached hydrogens (tertiary/aromatic N) is 1. The van der Waals surface area contributed by atoms with Crippen LogP contribution in [0, 0.1) is 5.21 Å². The van der Waals surface area contributed by atoms with Crippen molar-refractivity contribution in [2.75, 3.05) is 13.1 Å². The fraction of sp³-hybridized carbons (Fsp3) is 0.833. The van der Waals surface area contributed by atoms with Gasteiger partial charge < -0.3 is 9.85 Å². The van der Waals surface area contributed by atoms with Crippen molar-refractivity contribution in [2.45, 2.75) is 51.2 Å². The number of rotatable bonds is 7. The van der Waals surface area contributed by atoms with Gasteiger partial charge in [0, 0.05) is 0 Å². The quantitative estimate of drug-likeness (QED) is 0.216. The lowest BCUT2D eigenvalue weighted by molar-refractivity contribution is -0.874. The van der Waals surface area contributed by atoms with E-state index in [1.54, 1.807) is 0 Å². The molecule has 0 radical (unpaired) electrons. The van der Waals surface area contributed by atoms with Crippen molar-refractivity contribution in [1.82, 2.24) is 0 Å². The summed E-state index contributed by atoms with van der Waals surface area (Å²) in [5.74, 6) is 0.0978. The molecule has 15 heavy (non-hydrogen) atoms. The third kappa shape index (κ3) is 4.22. The van der Waals surface area contributed by atoms with E-state index in [1.807, 2.05) is 12.2 Å². The Morgan fingerprint density at radius 3 is 2.53 bits per heavy atom. The van der Waals surface area contributed by atoms with Crippen LogP contribution in [-0.4, -0.2) is 23.5 Å². The molecular formula is C12H24NOP. The van der Waals surface area contributed by atoms with Gasteiger partial charge in [-0.25, -0.2) is 0 Å². The van der Waals surface area contributed by atoms with E-state index < -0.39 is 0 Å². The van der Waals surface area contributed by atoms with Crippen molar-refractivity contribution >= 4 is 9.24 Å². The summed E-state index contributed by atoms with van der Waals surface area (Å²) in [4.78, 5) is 0. The van der Waals surface area contributed by atoms with Crippen molar-refractivity contribution in [3.05, 3.63) is 17.4 Å². The molecule has 88 valence electrons. The average Bonchev–Trinajstić information content (AvgIpc) is 2.54. The molecular weight excluding hydrogens is 205 g/mol. The molecule has 1 aliphatic heterocycles. The fourth-order valence-electron chi connectivity index (χ4n) is 2.06. The summed E-state index contributed by atoms with van der Waals surface area (Å²) < 4.78 is -0.0432. The van der Waals surface area contributed by atoms with Crippen LogP contribution in [0.3, 0.4) is 0 Å². The molecule has 0 amide bonds. The second-order valence-electron chi connectivity index (χ2n) is 4.55. The molecule has 0 fully saturated rings. The van der Waals surface area contributed by atoms with Crippen molar-refractivity contribution in [3.63, 3.8) is 0 Å². The Kier molecular flexibility index (Phi) is 5.81. The zero-order chi connectivity index (χ0) is 11.1. The van der Waals surface area contributed by atoms with E-state index in [9.17, 15) is 5.21 Å². The summed E-state index contributed by atoms with van der Waals surface area (Å²) in [5.41, 5.74) is 0. The summed E-state index contributed by atoms with van der Waals surface area (Å²) in [5, 5.41) is 12.2. The number of hydrogen-bond donors (Lipinski definition) is 0. The minimum absolute atomic E-state index is 0.0432. The third-order valence-electron chi connectivity index (χ3n) is 3.18. The molecule has 0 saturated heterocycles. The monoisotopic (exact) mass is 229 g/mol. The molecule has 0 aromatic carbocycles. The SMILES string of the molecule is CCCCCCCC[N+]1([O-])CC=CC1P. The summed E-state index contributed by atoms with van der Waals surface area (Å²) in [6.45, 7) is 3.68. The van der Waals surface area contributed by atoms with Gasteiger partial charge in [0.05, 0.1) is 13.1 Å². The summed E-state index contributed by atoms with van der Waals surface area (Å²) in [6.07, 6.45) is 11.6. The molecule has 0 saturated carbocycles. The molecule has 3 unspecified atom stereocenters. The summed E-state index contributed by atoms with van der Waals surface area (Å²) in [6, 6.07) is 0. The topological polar surface area (TPSA) is 23.1 Å². The van der Waals surface area contributed by atoms with Crippen LogP contribution in [0.25, 0.3) is 0 Å². The molecule has 1 heterocycles. The predicted molar refractivity (Wildman–Crippen MR) is 69.4 cm³/mol. The van der Waals surface area contributed by atoms with Gasteiger partial charge in [0.1, 0.15) is 5.78 Å². The van der Waals surface area contributed by atoms with Crippen molar-refractivity contribution in [2.24, 2.45) is 0 Å². The minimum atomic E-state index is -0.0432. The Morgan fingerprint density at radius 2 is 1.93 bits per heavy atom. The van der Waals surface area contributed by atoms with Crippen LogP contribution in [0.15, 0.2) is 12.2 Å². The van der Waals surface area contributed by atoms with E-state index in [2.05, 4.69) is 16.2 Å². The van der Waals surface area contributed by atoms with E-state index in [4.69, 9.17) is 0 Å². The molecule has 0 bridgehead atoms. The maximum Gasteiger partial charge on any atom is 0.119 e. The van der Waals surface area contributed by atoms with Crippen molar-refractivity contribution in [1.29, 1.82) is 0 Å². The Morgan fingerprint density at radius 1 is 1.27 bits per heavy atom. The van der Waals surface area contributed by atoms with E-state index in [0.717, 1.165) is 13.0 Å². The number of unbranched alkanes of at least 4 members (excludes halogenated alkanes) is 5. The van der Waals surface area contributed by atoms with Crippen molar-refractivity contribution in [3.8, 4) is 0 Å². The second kappa shape index (κ2) is 6.62. The lowest BCUT2D eigenvalue weighted by Crippen LogP contribution is -2.44. The smallest absolute Gasteiger partial charge is 0.119 e. The first kappa shape index (κ1) is 13.2.